The average molecular weight is 695 g/mol. The molecule has 1 unspecified atom stereocenters. The molecule has 5 rings (SSSR count). The number of ether oxygens (including phenoxy) is 5. The number of anilines is 1. The van der Waals surface area contributed by atoms with Crippen LogP contribution in [0.4, 0.5) is 5.69 Å². The van der Waals surface area contributed by atoms with E-state index < -0.39 is 66.1 Å². The van der Waals surface area contributed by atoms with Gasteiger partial charge in [-0.15, -0.1) is 0 Å². The SMILES string of the molecule is CO[C@H]1CC2C=C[C@@H]3C[C@]2(O[C@H]3[C@H](OC(=O)c2ccc[nH]2)[C@H](C)[C@H](C)O)/C(C)=C/[C@@H](C)[C@@H]([C@@H](C)OC(=O)C[n+]2ccc(N(C)C)cc2)OC1=O. The van der Waals surface area contributed by atoms with Gasteiger partial charge in [0.2, 0.25) is 6.54 Å². The highest BCUT2D eigenvalue weighted by atomic mass is 16.6. The molecule has 50 heavy (non-hydrogen) atoms. The van der Waals surface area contributed by atoms with Gasteiger partial charge in [-0.1, -0.05) is 32.1 Å². The third-order valence-corrected chi connectivity index (χ3v) is 10.6. The fraction of sp³-hybridized carbons (Fsp3) is 0.579. The second-order valence-corrected chi connectivity index (χ2v) is 14.3. The van der Waals surface area contributed by atoms with Crippen LogP contribution >= 0.6 is 0 Å². The first-order chi connectivity index (χ1) is 23.7. The Hall–Kier alpha value is -4.00. The van der Waals surface area contributed by atoms with Crippen LogP contribution in [0.15, 0.2) is 66.7 Å². The van der Waals surface area contributed by atoms with E-state index in [0.717, 1.165) is 11.3 Å². The van der Waals surface area contributed by atoms with Crippen molar-refractivity contribution in [3.05, 3.63) is 72.4 Å². The van der Waals surface area contributed by atoms with Gasteiger partial charge >= 0.3 is 17.9 Å². The predicted octanol–water partition coefficient (Wildman–Crippen LogP) is 3.79. The highest BCUT2D eigenvalue weighted by Crippen LogP contribution is 2.53. The number of rotatable bonds is 11. The summed E-state index contributed by atoms with van der Waals surface area (Å²) in [4.78, 5) is 44.7. The van der Waals surface area contributed by atoms with E-state index in [9.17, 15) is 19.5 Å². The number of esters is 3. The summed E-state index contributed by atoms with van der Waals surface area (Å²) in [5.74, 6) is -2.72. The number of carbonyl (C=O) groups is 3. The summed E-state index contributed by atoms with van der Waals surface area (Å²) in [5.41, 5.74) is 1.40. The molecule has 2 aromatic rings. The van der Waals surface area contributed by atoms with Gasteiger partial charge in [0.05, 0.1) is 11.7 Å². The molecule has 1 spiro atoms. The number of pyridine rings is 1. The third-order valence-electron chi connectivity index (χ3n) is 10.6. The molecule has 4 heterocycles. The van der Waals surface area contributed by atoms with E-state index >= 15 is 0 Å². The Morgan fingerprint density at radius 3 is 2.46 bits per heavy atom. The van der Waals surface area contributed by atoms with Crippen molar-refractivity contribution in [1.82, 2.24) is 4.98 Å². The van der Waals surface area contributed by atoms with Gasteiger partial charge in [0, 0.05) is 68.9 Å². The topological polar surface area (TPSA) is 140 Å². The first-order valence-corrected chi connectivity index (χ1v) is 17.4. The van der Waals surface area contributed by atoms with Crippen LogP contribution in [0.25, 0.3) is 0 Å². The number of methoxy groups -OCH3 is 1. The first kappa shape index (κ1) is 37.3. The Morgan fingerprint density at radius 2 is 1.84 bits per heavy atom. The summed E-state index contributed by atoms with van der Waals surface area (Å²) in [6.45, 7) is 9.18. The number of aliphatic hydroxyl groups is 1. The molecule has 1 saturated heterocycles. The average Bonchev–Trinajstić information content (AvgIpc) is 3.72. The third kappa shape index (κ3) is 7.82. The van der Waals surface area contributed by atoms with Gasteiger partial charge in [-0.05, 0) is 51.3 Å². The number of cyclic esters (lactones) is 1. The smallest absolute Gasteiger partial charge is 0.373 e. The number of hydrogen-bond donors (Lipinski definition) is 2. The van der Waals surface area contributed by atoms with Gasteiger partial charge in [0.1, 0.15) is 30.1 Å². The number of aromatic nitrogens is 2. The summed E-state index contributed by atoms with van der Waals surface area (Å²) < 4.78 is 32.5. The highest BCUT2D eigenvalue weighted by molar-refractivity contribution is 5.87. The molecule has 2 bridgehead atoms. The molecule has 3 aliphatic rings. The number of hydrogen-bond acceptors (Lipinski definition) is 10. The standard InChI is InChI=1S/C38H51N3O9/c1-22-18-23(2)38-20-27(35(50-38)34(24(3)25(4)42)49-36(44)30-10-9-15-39-30)11-12-28(38)19-31(46-8)37(45)48-33(22)26(5)47-32(43)21-41-16-13-29(14-17-41)40(6)7/h9-18,22,24-28,31,33-35,42H,19-21H2,1-8H3/p+1/b23-18+/t22-,24-,25+,26-,27-,28?,31+,33+,34-,35-,38+/m1/s1. The molecule has 1 aliphatic carbocycles. The molecule has 0 radical (unpaired) electrons. The fourth-order valence-corrected chi connectivity index (χ4v) is 7.52. The lowest BCUT2D eigenvalue weighted by molar-refractivity contribution is -0.686. The zero-order valence-electron chi connectivity index (χ0n) is 30.3. The largest absolute Gasteiger partial charge is 0.456 e. The number of nitrogens with zero attached hydrogens (tertiary/aromatic N) is 2. The van der Waals surface area contributed by atoms with Crippen molar-refractivity contribution in [2.75, 3.05) is 26.1 Å². The Kier molecular flexibility index (Phi) is 11.5. The second kappa shape index (κ2) is 15.5. The van der Waals surface area contributed by atoms with E-state index in [2.05, 4.69) is 17.1 Å². The van der Waals surface area contributed by atoms with Gasteiger partial charge in [0.15, 0.2) is 18.5 Å². The summed E-state index contributed by atoms with van der Waals surface area (Å²) in [7, 11) is 5.36. The maximum absolute atomic E-state index is 13.6. The molecule has 2 aromatic heterocycles. The number of aromatic amines is 1. The van der Waals surface area contributed by atoms with Crippen molar-refractivity contribution >= 4 is 23.6 Å². The first-order valence-electron chi connectivity index (χ1n) is 17.4. The summed E-state index contributed by atoms with van der Waals surface area (Å²) in [6.07, 6.45) is 7.75. The fourth-order valence-electron chi connectivity index (χ4n) is 7.52. The predicted molar refractivity (Wildman–Crippen MR) is 184 cm³/mol. The van der Waals surface area contributed by atoms with E-state index in [4.69, 9.17) is 23.7 Å². The Bertz CT molecular complexity index is 1550. The number of H-pyrrole nitrogens is 1. The van der Waals surface area contributed by atoms with Crippen LogP contribution in [0.1, 0.15) is 57.9 Å². The zero-order chi connectivity index (χ0) is 36.3. The minimum absolute atomic E-state index is 0.00309. The van der Waals surface area contributed by atoms with E-state index in [1.807, 2.05) is 70.4 Å². The van der Waals surface area contributed by atoms with Gasteiger partial charge in [-0.3, -0.25) is 0 Å². The number of aliphatic hydroxyl groups excluding tert-OH is 1. The van der Waals surface area contributed by atoms with Crippen molar-refractivity contribution in [2.45, 2.75) is 96.2 Å². The quantitative estimate of drug-likeness (QED) is 0.155. The molecule has 0 amide bonds. The van der Waals surface area contributed by atoms with Crippen molar-refractivity contribution in [3.63, 3.8) is 0 Å². The van der Waals surface area contributed by atoms with Gasteiger partial charge < -0.3 is 38.7 Å². The Morgan fingerprint density at radius 1 is 1.12 bits per heavy atom. The lowest BCUT2D eigenvalue weighted by Gasteiger charge is -2.41. The summed E-state index contributed by atoms with van der Waals surface area (Å²) in [6, 6.07) is 7.18. The van der Waals surface area contributed by atoms with E-state index in [-0.39, 0.29) is 30.7 Å². The lowest BCUT2D eigenvalue weighted by Crippen LogP contribution is -2.48. The molecular formula is C38H52N3O9+. The van der Waals surface area contributed by atoms with E-state index in [1.165, 1.54) is 7.11 Å². The van der Waals surface area contributed by atoms with Gasteiger partial charge in [-0.2, -0.15) is 4.57 Å². The summed E-state index contributed by atoms with van der Waals surface area (Å²) >= 11 is 0. The Labute approximate surface area is 294 Å². The molecule has 1 fully saturated rings. The van der Waals surface area contributed by atoms with Crippen LogP contribution in [0.3, 0.4) is 0 Å². The van der Waals surface area contributed by atoms with Gasteiger partial charge in [0.25, 0.3) is 0 Å². The zero-order valence-corrected chi connectivity index (χ0v) is 30.3. The second-order valence-electron chi connectivity index (χ2n) is 14.3. The van der Waals surface area contributed by atoms with Crippen LogP contribution in [0.5, 0.6) is 0 Å². The highest BCUT2D eigenvalue weighted by Gasteiger charge is 2.57. The lowest BCUT2D eigenvalue weighted by atomic mass is 9.69. The minimum Gasteiger partial charge on any atom is -0.456 e. The molecule has 11 atom stereocenters. The van der Waals surface area contributed by atoms with Crippen LogP contribution in [-0.4, -0.2) is 91.4 Å². The van der Waals surface area contributed by atoms with Crippen molar-refractivity contribution in [1.29, 1.82) is 0 Å². The maximum Gasteiger partial charge on any atom is 0.373 e. The van der Waals surface area contributed by atoms with Crippen molar-refractivity contribution in [2.24, 2.45) is 23.7 Å². The molecule has 2 aliphatic heterocycles. The maximum atomic E-state index is 13.6. The molecule has 12 nitrogen and oxygen atoms in total. The summed E-state index contributed by atoms with van der Waals surface area (Å²) in [5, 5.41) is 10.7. The van der Waals surface area contributed by atoms with Crippen LogP contribution < -0.4 is 9.47 Å². The van der Waals surface area contributed by atoms with Crippen LogP contribution in [0.2, 0.25) is 0 Å². The van der Waals surface area contributed by atoms with Crippen LogP contribution in [0, 0.1) is 23.7 Å². The van der Waals surface area contributed by atoms with Crippen molar-refractivity contribution < 1.29 is 47.7 Å². The van der Waals surface area contributed by atoms with Crippen LogP contribution in [-0.2, 0) is 39.8 Å². The van der Waals surface area contributed by atoms with Gasteiger partial charge in [-0.25, -0.2) is 14.4 Å². The molecule has 0 saturated carbocycles. The normalized spacial score (nSPS) is 31.2. The van der Waals surface area contributed by atoms with Crippen molar-refractivity contribution in [3.8, 4) is 0 Å². The minimum atomic E-state index is -0.909. The number of fused-ring (bicyclic) bond motifs is 1. The molecule has 12 heteroatoms. The molecular weight excluding hydrogens is 642 g/mol. The number of carbonyl (C=O) groups excluding carboxylic acids is 3. The molecule has 272 valence electrons. The van der Waals surface area contributed by atoms with E-state index in [0.29, 0.717) is 12.1 Å². The number of nitrogens with one attached hydrogen (secondary N) is 1. The Balaban J connectivity index is 1.41. The van der Waals surface area contributed by atoms with E-state index in [1.54, 1.807) is 36.7 Å². The monoisotopic (exact) mass is 694 g/mol. The molecule has 0 aromatic carbocycles. The molecule has 2 N–H and O–H groups in total.